The molecule has 130 valence electrons. The molecule has 7 atom stereocenters. The Kier molecular flexibility index (Phi) is 7.19. The first kappa shape index (κ1) is 19.5. The van der Waals surface area contributed by atoms with Gasteiger partial charge in [0.1, 0.15) is 26.8 Å². The highest BCUT2D eigenvalue weighted by Gasteiger charge is 2.37. The van der Waals surface area contributed by atoms with E-state index in [9.17, 15) is 15.1 Å². The van der Waals surface area contributed by atoms with Crippen molar-refractivity contribution < 1.29 is 33.6 Å². The van der Waals surface area contributed by atoms with Crippen molar-refractivity contribution in [2.24, 2.45) is 0 Å². The van der Waals surface area contributed by atoms with Crippen molar-refractivity contribution in [2.45, 2.75) is 62.9 Å². The Morgan fingerprint density at radius 1 is 1.22 bits per heavy atom. The van der Waals surface area contributed by atoms with Crippen molar-refractivity contribution in [3.8, 4) is 0 Å². The summed E-state index contributed by atoms with van der Waals surface area (Å²) in [6.45, 7) is 3.41. The third-order valence-corrected chi connectivity index (χ3v) is 5.27. The van der Waals surface area contributed by atoms with Gasteiger partial charge in [-0.25, -0.2) is 0 Å². The van der Waals surface area contributed by atoms with Crippen LogP contribution >= 0.6 is 7.57 Å². The Morgan fingerprint density at radius 3 is 2.39 bits per heavy atom. The van der Waals surface area contributed by atoms with Crippen LogP contribution in [0.4, 0.5) is 0 Å². The molecule has 2 heterocycles. The van der Waals surface area contributed by atoms with Crippen molar-refractivity contribution in [1.82, 2.24) is 0 Å². The first-order valence-electron chi connectivity index (χ1n) is 7.84. The summed E-state index contributed by atoms with van der Waals surface area (Å²) in [5, 5.41) is 19.2. The smallest absolute Gasteiger partial charge is 0.146 e. The van der Waals surface area contributed by atoms with E-state index < -0.39 is 32.0 Å². The molecule has 0 saturated carbocycles. The van der Waals surface area contributed by atoms with Crippen molar-refractivity contribution >= 4 is 28.4 Å². The molecule has 2 aliphatic heterocycles. The number of aliphatic hydroxyl groups excluding tert-OH is 2. The molecule has 2 rings (SSSR count). The highest BCUT2D eigenvalue weighted by atomic mass is 31.2. The SMILES string of the molecule is C=P([O-])(OC[C@H]1O[C@@H]([B]C)CC1O)OC1C[C@H]([B]C)O[C@@H]1CO. The number of hydrogen-bond donors (Lipinski definition) is 2. The maximum atomic E-state index is 12.4. The lowest BCUT2D eigenvalue weighted by Gasteiger charge is -2.35. The van der Waals surface area contributed by atoms with Gasteiger partial charge in [-0.1, -0.05) is 19.9 Å². The van der Waals surface area contributed by atoms with E-state index >= 15 is 0 Å². The molecule has 2 N–H and O–H groups in total. The first-order valence-corrected chi connectivity index (χ1v) is 9.57. The number of hydrogen-bond acceptors (Lipinski definition) is 7. The average Bonchev–Trinajstić information content (AvgIpc) is 3.07. The molecule has 0 aromatic carbocycles. The number of rotatable bonds is 8. The summed E-state index contributed by atoms with van der Waals surface area (Å²) in [6, 6.07) is -0.287. The van der Waals surface area contributed by atoms with Gasteiger partial charge in [-0.3, -0.25) is 0 Å². The maximum absolute atomic E-state index is 12.4. The standard InChI is InChI=1S/C13H24B2O7P/c1-14-12-4-8(17)11(21-12)7-19-23(3,18)22-9-5-13(15-2)20-10(9)6-16/h8-13,16-17H,3-7H2,1-2H3/q-1/t8?,9?,10-,11-,12-,13-,23?/m1/s1. The second kappa shape index (κ2) is 8.50. The molecule has 2 saturated heterocycles. The lowest BCUT2D eigenvalue weighted by atomic mass is 9.73. The largest absolute Gasteiger partial charge is 0.789 e. The van der Waals surface area contributed by atoms with E-state index in [1.54, 1.807) is 0 Å². The molecule has 7 nitrogen and oxygen atoms in total. The zero-order valence-corrected chi connectivity index (χ0v) is 14.4. The van der Waals surface area contributed by atoms with Crippen molar-refractivity contribution in [3.05, 3.63) is 0 Å². The topological polar surface area (TPSA) is 100 Å². The fourth-order valence-electron chi connectivity index (χ4n) is 2.78. The van der Waals surface area contributed by atoms with Gasteiger partial charge in [0.25, 0.3) is 0 Å². The highest BCUT2D eigenvalue weighted by molar-refractivity contribution is 7.57. The summed E-state index contributed by atoms with van der Waals surface area (Å²) in [6.07, 6.45) is 2.15. The number of ether oxygens (including phenoxy) is 2. The van der Waals surface area contributed by atoms with Crippen molar-refractivity contribution in [2.75, 3.05) is 13.2 Å². The van der Waals surface area contributed by atoms with Gasteiger partial charge in [0, 0.05) is 19.6 Å². The van der Waals surface area contributed by atoms with Crippen LogP contribution in [0.5, 0.6) is 0 Å². The minimum Gasteiger partial charge on any atom is -0.789 e. The molecular weight excluding hydrogens is 321 g/mol. The fraction of sp³-hybridized carbons (Fsp3) is 0.923. The zero-order chi connectivity index (χ0) is 17.0. The predicted octanol–water partition coefficient (Wildman–Crippen LogP) is -0.969. The average molecular weight is 345 g/mol. The van der Waals surface area contributed by atoms with E-state index in [1.165, 1.54) is 0 Å². The summed E-state index contributed by atoms with van der Waals surface area (Å²) in [4.78, 5) is 12.4. The minimum atomic E-state index is -3.59. The monoisotopic (exact) mass is 345 g/mol. The van der Waals surface area contributed by atoms with Crippen LogP contribution in [-0.4, -0.2) is 80.7 Å². The van der Waals surface area contributed by atoms with E-state index in [1.807, 2.05) is 28.2 Å². The van der Waals surface area contributed by atoms with Crippen LogP contribution in [-0.2, 0) is 18.5 Å². The molecule has 0 bridgehead atoms. The second-order valence-corrected chi connectivity index (χ2v) is 7.56. The normalized spacial score (nSPS) is 40.0. The number of aliphatic hydroxyl groups is 2. The lowest BCUT2D eigenvalue weighted by Crippen LogP contribution is -2.31. The molecule has 3 unspecified atom stereocenters. The fourth-order valence-corrected chi connectivity index (χ4v) is 3.85. The summed E-state index contributed by atoms with van der Waals surface area (Å²) in [7, 11) is 0.113. The quantitative estimate of drug-likeness (QED) is 0.431. The van der Waals surface area contributed by atoms with Gasteiger partial charge in [-0.05, 0) is 12.8 Å². The molecule has 0 spiro atoms. The second-order valence-electron chi connectivity index (χ2n) is 5.86. The van der Waals surface area contributed by atoms with Gasteiger partial charge < -0.3 is 33.6 Å². The summed E-state index contributed by atoms with van der Waals surface area (Å²) >= 11 is 0. The van der Waals surface area contributed by atoms with Gasteiger partial charge in [0.05, 0.1) is 25.4 Å². The molecule has 23 heavy (non-hydrogen) atoms. The van der Waals surface area contributed by atoms with Crippen LogP contribution in [0.15, 0.2) is 0 Å². The van der Waals surface area contributed by atoms with Crippen molar-refractivity contribution in [3.63, 3.8) is 0 Å². The van der Waals surface area contributed by atoms with E-state index in [-0.39, 0.29) is 25.2 Å². The molecule has 0 aromatic heterocycles. The van der Waals surface area contributed by atoms with Crippen LogP contribution in [0.2, 0.25) is 13.6 Å². The van der Waals surface area contributed by atoms with Crippen LogP contribution in [0.3, 0.4) is 0 Å². The van der Waals surface area contributed by atoms with E-state index in [0.717, 1.165) is 0 Å². The Balaban J connectivity index is 1.83. The first-order chi connectivity index (χ1) is 10.9. The van der Waals surface area contributed by atoms with Crippen LogP contribution in [0.25, 0.3) is 0 Å². The van der Waals surface area contributed by atoms with Gasteiger partial charge in [0.2, 0.25) is 0 Å². The zero-order valence-electron chi connectivity index (χ0n) is 13.5. The highest BCUT2D eigenvalue weighted by Crippen LogP contribution is 2.43. The lowest BCUT2D eigenvalue weighted by molar-refractivity contribution is -0.216. The Bertz CT molecular complexity index is 427. The molecule has 2 aliphatic rings. The summed E-state index contributed by atoms with van der Waals surface area (Å²) in [5.74, 6) is 0. The van der Waals surface area contributed by atoms with Gasteiger partial charge in [-0.2, -0.15) is 0 Å². The van der Waals surface area contributed by atoms with Crippen molar-refractivity contribution in [1.29, 1.82) is 0 Å². The van der Waals surface area contributed by atoms with Crippen LogP contribution < -0.4 is 4.89 Å². The summed E-state index contributed by atoms with van der Waals surface area (Å²) < 4.78 is 21.8. The van der Waals surface area contributed by atoms with E-state index in [0.29, 0.717) is 12.8 Å². The molecule has 0 aromatic rings. The molecule has 2 radical (unpaired) electrons. The molecule has 2 fully saturated rings. The van der Waals surface area contributed by atoms with Gasteiger partial charge in [0.15, 0.2) is 0 Å². The van der Waals surface area contributed by atoms with Gasteiger partial charge in [-0.15, -0.1) is 0 Å². The van der Waals surface area contributed by atoms with E-state index in [4.69, 9.17) is 18.5 Å². The molecule has 10 heteroatoms. The third-order valence-electron chi connectivity index (χ3n) is 4.14. The summed E-state index contributed by atoms with van der Waals surface area (Å²) in [5.41, 5.74) is 0. The molecule has 0 amide bonds. The molecule has 0 aliphatic carbocycles. The van der Waals surface area contributed by atoms with Gasteiger partial charge >= 0.3 is 0 Å². The minimum absolute atomic E-state index is 0.0625. The Labute approximate surface area is 139 Å². The third kappa shape index (κ3) is 5.31. The Hall–Kier alpha value is 0.150. The van der Waals surface area contributed by atoms with Crippen LogP contribution in [0, 0.1) is 0 Å². The molecular formula is C13H24B2O7P-. The predicted molar refractivity (Wildman–Crippen MR) is 87.8 cm³/mol. The van der Waals surface area contributed by atoms with Crippen LogP contribution in [0.1, 0.15) is 12.8 Å². The maximum Gasteiger partial charge on any atom is 0.146 e. The van der Waals surface area contributed by atoms with E-state index in [2.05, 4.69) is 6.30 Å². The Morgan fingerprint density at radius 2 is 1.83 bits per heavy atom.